The number of amides is 1. The summed E-state index contributed by atoms with van der Waals surface area (Å²) in [5.41, 5.74) is 2.88. The molecule has 1 aliphatic carbocycles. The van der Waals surface area contributed by atoms with Crippen molar-refractivity contribution in [3.63, 3.8) is 0 Å². The van der Waals surface area contributed by atoms with Crippen LogP contribution in [0.15, 0.2) is 12.1 Å². The average molecular weight is 365 g/mol. The number of rotatable bonds is 2. The van der Waals surface area contributed by atoms with Crippen molar-refractivity contribution in [3.05, 3.63) is 34.4 Å². The lowest BCUT2D eigenvalue weighted by Gasteiger charge is -2.24. The number of carbonyl (C=O) groups is 1. The minimum absolute atomic E-state index is 0.0162. The molecular formula is C19H22F3NOSi. The Bertz CT molecular complexity index is 779. The molecule has 1 aliphatic heterocycles. The third kappa shape index (κ3) is 3.76. The first-order chi connectivity index (χ1) is 11.5. The van der Waals surface area contributed by atoms with Crippen molar-refractivity contribution in [2.24, 2.45) is 5.92 Å². The molecule has 134 valence electrons. The van der Waals surface area contributed by atoms with E-state index in [1.165, 1.54) is 0 Å². The number of hydrogen-bond acceptors (Lipinski definition) is 1. The molecule has 1 amide bonds. The molecule has 0 bridgehead atoms. The van der Waals surface area contributed by atoms with E-state index in [1.54, 1.807) is 11.0 Å². The molecule has 1 fully saturated rings. The summed E-state index contributed by atoms with van der Waals surface area (Å²) in [6.07, 6.45) is -2.48. The normalized spacial score (nSPS) is 18.7. The predicted molar refractivity (Wildman–Crippen MR) is 93.7 cm³/mol. The van der Waals surface area contributed by atoms with E-state index < -0.39 is 25.7 Å². The maximum absolute atomic E-state index is 13.6. The Hall–Kier alpha value is -1.74. The van der Waals surface area contributed by atoms with E-state index in [0.29, 0.717) is 17.0 Å². The second-order valence-corrected chi connectivity index (χ2v) is 12.8. The standard InChI is InChI=1S/C19H22F3NOSi/c1-12(14-5-6-14)23-11-15-9-13(7-8-25(2,3)4)10-16(19(20,21)22)17(15)18(23)24/h9-10,12,14H,5-6,11H2,1-4H3. The van der Waals surface area contributed by atoms with Crippen LogP contribution in [0.5, 0.6) is 0 Å². The van der Waals surface area contributed by atoms with Gasteiger partial charge in [-0.2, -0.15) is 13.2 Å². The van der Waals surface area contributed by atoms with Gasteiger partial charge in [0.15, 0.2) is 0 Å². The highest BCUT2D eigenvalue weighted by atomic mass is 28.3. The van der Waals surface area contributed by atoms with Crippen LogP contribution in [0.1, 0.15) is 46.8 Å². The molecular weight excluding hydrogens is 343 g/mol. The third-order valence-electron chi connectivity index (χ3n) is 4.72. The van der Waals surface area contributed by atoms with Crippen molar-refractivity contribution in [2.75, 3.05) is 0 Å². The number of halogens is 3. The van der Waals surface area contributed by atoms with Crippen LogP contribution in [0.2, 0.25) is 19.6 Å². The summed E-state index contributed by atoms with van der Waals surface area (Å²) in [5.74, 6) is 2.82. The van der Waals surface area contributed by atoms with Gasteiger partial charge < -0.3 is 4.90 Å². The number of fused-ring (bicyclic) bond motifs is 1. The van der Waals surface area contributed by atoms with Gasteiger partial charge in [0, 0.05) is 18.2 Å². The van der Waals surface area contributed by atoms with Gasteiger partial charge in [0.05, 0.1) is 11.1 Å². The lowest BCUT2D eigenvalue weighted by Crippen LogP contribution is -2.35. The highest BCUT2D eigenvalue weighted by Crippen LogP contribution is 2.42. The zero-order chi connectivity index (χ0) is 18.6. The van der Waals surface area contributed by atoms with Crippen LogP contribution in [0, 0.1) is 17.4 Å². The fraction of sp³-hybridized carbons (Fsp3) is 0.526. The van der Waals surface area contributed by atoms with Crippen molar-refractivity contribution < 1.29 is 18.0 Å². The van der Waals surface area contributed by atoms with Crippen molar-refractivity contribution >= 4 is 14.0 Å². The maximum Gasteiger partial charge on any atom is 0.417 e. The lowest BCUT2D eigenvalue weighted by molar-refractivity contribution is -0.138. The summed E-state index contributed by atoms with van der Waals surface area (Å²) in [4.78, 5) is 14.3. The Morgan fingerprint density at radius 1 is 1.24 bits per heavy atom. The summed E-state index contributed by atoms with van der Waals surface area (Å²) in [6.45, 7) is 8.31. The minimum atomic E-state index is -4.56. The van der Waals surface area contributed by atoms with E-state index in [9.17, 15) is 18.0 Å². The summed E-state index contributed by atoms with van der Waals surface area (Å²) in [6, 6.07) is 2.68. The monoisotopic (exact) mass is 365 g/mol. The number of hydrogen-bond donors (Lipinski definition) is 0. The highest BCUT2D eigenvalue weighted by Gasteiger charge is 2.44. The molecule has 0 saturated heterocycles. The van der Waals surface area contributed by atoms with Gasteiger partial charge in [-0.1, -0.05) is 25.6 Å². The van der Waals surface area contributed by atoms with Gasteiger partial charge in [-0.05, 0) is 43.4 Å². The van der Waals surface area contributed by atoms with Crippen molar-refractivity contribution in [1.82, 2.24) is 4.90 Å². The first-order valence-corrected chi connectivity index (χ1v) is 12.1. The number of benzene rings is 1. The quantitative estimate of drug-likeness (QED) is 0.550. The second kappa shape index (κ2) is 5.91. The zero-order valence-corrected chi connectivity index (χ0v) is 15.9. The maximum atomic E-state index is 13.6. The van der Waals surface area contributed by atoms with Gasteiger partial charge in [-0.3, -0.25) is 4.79 Å². The molecule has 1 heterocycles. The predicted octanol–water partition coefficient (Wildman–Crippen LogP) is 4.69. The van der Waals surface area contributed by atoms with Crippen LogP contribution in [0.4, 0.5) is 13.2 Å². The first kappa shape index (κ1) is 18.1. The number of carbonyl (C=O) groups excluding carboxylic acids is 1. The fourth-order valence-electron chi connectivity index (χ4n) is 3.20. The summed E-state index contributed by atoms with van der Waals surface area (Å²) in [7, 11) is -1.70. The van der Waals surface area contributed by atoms with E-state index in [4.69, 9.17) is 0 Å². The number of alkyl halides is 3. The molecule has 1 aromatic rings. The third-order valence-corrected chi connectivity index (χ3v) is 5.59. The van der Waals surface area contributed by atoms with E-state index in [-0.39, 0.29) is 18.2 Å². The molecule has 1 unspecified atom stereocenters. The Balaban J connectivity index is 2.05. The van der Waals surface area contributed by atoms with E-state index in [0.717, 1.165) is 18.9 Å². The molecule has 0 radical (unpaired) electrons. The molecule has 25 heavy (non-hydrogen) atoms. The zero-order valence-electron chi connectivity index (χ0n) is 14.9. The molecule has 1 aromatic carbocycles. The van der Waals surface area contributed by atoms with Gasteiger partial charge in [-0.15, -0.1) is 5.54 Å². The van der Waals surface area contributed by atoms with Crippen LogP contribution in [0.3, 0.4) is 0 Å². The molecule has 1 saturated carbocycles. The summed E-state index contributed by atoms with van der Waals surface area (Å²) >= 11 is 0. The summed E-state index contributed by atoms with van der Waals surface area (Å²) < 4.78 is 40.7. The van der Waals surface area contributed by atoms with Gasteiger partial charge in [0.25, 0.3) is 5.91 Å². The van der Waals surface area contributed by atoms with Crippen LogP contribution in [-0.2, 0) is 12.7 Å². The molecule has 0 N–H and O–H groups in total. The minimum Gasteiger partial charge on any atom is -0.331 e. The van der Waals surface area contributed by atoms with Gasteiger partial charge in [0.2, 0.25) is 0 Å². The van der Waals surface area contributed by atoms with Crippen molar-refractivity contribution in [1.29, 1.82) is 0 Å². The Morgan fingerprint density at radius 2 is 1.88 bits per heavy atom. The molecule has 0 spiro atoms. The first-order valence-electron chi connectivity index (χ1n) is 8.55. The topological polar surface area (TPSA) is 20.3 Å². The van der Waals surface area contributed by atoms with Crippen molar-refractivity contribution in [2.45, 2.75) is 58.2 Å². The number of nitrogens with zero attached hydrogens (tertiary/aromatic N) is 1. The summed E-state index contributed by atoms with van der Waals surface area (Å²) in [5, 5.41) is 0. The Kier molecular flexibility index (Phi) is 4.27. The Labute approximate surface area is 147 Å². The average Bonchev–Trinajstić information content (AvgIpc) is 3.27. The van der Waals surface area contributed by atoms with Crippen LogP contribution in [-0.4, -0.2) is 24.9 Å². The largest absolute Gasteiger partial charge is 0.417 e. The van der Waals surface area contributed by atoms with Crippen molar-refractivity contribution in [3.8, 4) is 11.5 Å². The van der Waals surface area contributed by atoms with E-state index >= 15 is 0 Å². The fourth-order valence-corrected chi connectivity index (χ4v) is 3.72. The van der Waals surface area contributed by atoms with E-state index in [1.807, 2.05) is 26.6 Å². The molecule has 2 aliphatic rings. The van der Waals surface area contributed by atoms with Gasteiger partial charge >= 0.3 is 6.18 Å². The smallest absolute Gasteiger partial charge is 0.331 e. The molecule has 1 atom stereocenters. The van der Waals surface area contributed by atoms with Crippen LogP contribution < -0.4 is 0 Å². The molecule has 0 aromatic heterocycles. The SMILES string of the molecule is CC(C1CC1)N1Cc2cc(C#C[Si](C)(C)C)cc(C(F)(F)F)c2C1=O. The Morgan fingerprint density at radius 3 is 2.40 bits per heavy atom. The highest BCUT2D eigenvalue weighted by molar-refractivity contribution is 6.83. The second-order valence-electron chi connectivity index (χ2n) is 8.07. The lowest BCUT2D eigenvalue weighted by atomic mass is 9.99. The molecule has 6 heteroatoms. The van der Waals surface area contributed by atoms with Gasteiger partial charge in [-0.25, -0.2) is 0 Å². The van der Waals surface area contributed by atoms with Crippen LogP contribution in [0.25, 0.3) is 0 Å². The molecule has 3 rings (SSSR count). The molecule has 2 nitrogen and oxygen atoms in total. The van der Waals surface area contributed by atoms with Gasteiger partial charge in [0.1, 0.15) is 8.07 Å². The van der Waals surface area contributed by atoms with Crippen LogP contribution >= 0.6 is 0 Å². The van der Waals surface area contributed by atoms with E-state index in [2.05, 4.69) is 11.5 Å².